The van der Waals surface area contributed by atoms with Gasteiger partial charge in [0, 0.05) is 17.3 Å². The molecule has 0 unspecified atom stereocenters. The number of halogens is 1. The number of aliphatic carboxylic acids is 1. The molecule has 1 amide bonds. The first-order valence-electron chi connectivity index (χ1n) is 11.6. The molecule has 3 aromatic rings. The maximum absolute atomic E-state index is 14.2. The molecule has 0 heterocycles. The zero-order valence-corrected chi connectivity index (χ0v) is 19.0. The van der Waals surface area contributed by atoms with Gasteiger partial charge in [-0.15, -0.1) is 0 Å². The summed E-state index contributed by atoms with van der Waals surface area (Å²) in [6, 6.07) is 21.7. The molecule has 2 N–H and O–H groups in total. The summed E-state index contributed by atoms with van der Waals surface area (Å²) < 4.78 is 14.2. The molecule has 1 saturated carbocycles. The molecule has 4 rings (SSSR count). The Labute approximate surface area is 199 Å². The molecule has 1 aliphatic carbocycles. The molecule has 174 valence electrons. The fourth-order valence-corrected chi connectivity index (χ4v) is 4.75. The third kappa shape index (κ3) is 5.60. The average molecular weight is 458 g/mol. The van der Waals surface area contributed by atoms with Gasteiger partial charge in [0.2, 0.25) is 5.91 Å². The van der Waals surface area contributed by atoms with E-state index in [0.717, 1.165) is 49.3 Å². The lowest BCUT2D eigenvalue weighted by atomic mass is 9.69. The van der Waals surface area contributed by atoms with Gasteiger partial charge in [0.05, 0.1) is 5.41 Å². The summed E-state index contributed by atoms with van der Waals surface area (Å²) in [6.45, 7) is 0. The van der Waals surface area contributed by atoms with Crippen molar-refractivity contribution in [2.75, 3.05) is 5.32 Å². The Morgan fingerprint density at radius 2 is 1.68 bits per heavy atom. The van der Waals surface area contributed by atoms with Crippen molar-refractivity contribution in [2.45, 2.75) is 38.5 Å². The molecule has 1 fully saturated rings. The van der Waals surface area contributed by atoms with E-state index in [9.17, 15) is 14.0 Å². The predicted molar refractivity (Wildman–Crippen MR) is 133 cm³/mol. The number of rotatable bonds is 7. The molecule has 0 spiro atoms. The Morgan fingerprint density at radius 3 is 2.38 bits per heavy atom. The molecule has 0 bridgehead atoms. The first-order valence-corrected chi connectivity index (χ1v) is 11.6. The molecule has 0 atom stereocenters. The third-order valence-corrected chi connectivity index (χ3v) is 6.54. The molecule has 4 nitrogen and oxygen atoms in total. The van der Waals surface area contributed by atoms with Crippen molar-refractivity contribution >= 4 is 23.6 Å². The zero-order valence-electron chi connectivity index (χ0n) is 19.0. The van der Waals surface area contributed by atoms with Crippen LogP contribution >= 0.6 is 0 Å². The van der Waals surface area contributed by atoms with Crippen LogP contribution in [0.3, 0.4) is 0 Å². The smallest absolute Gasteiger partial charge is 0.328 e. The van der Waals surface area contributed by atoms with Gasteiger partial charge in [0.25, 0.3) is 0 Å². The fraction of sp³-hybridized carbons (Fsp3) is 0.241. The van der Waals surface area contributed by atoms with Crippen LogP contribution in [0.25, 0.3) is 17.2 Å². The Hall–Kier alpha value is -3.73. The van der Waals surface area contributed by atoms with Crippen LogP contribution in [0.4, 0.5) is 10.1 Å². The molecular formula is C29H28FNO3. The quantitative estimate of drug-likeness (QED) is 0.387. The lowest BCUT2D eigenvalue weighted by Crippen LogP contribution is -2.40. The SMILES string of the molecule is O=C(O)/C=C/c1cccc(NC(=O)C2(Cc3ccc(-c4ccccc4F)cc3)CCCCC2)c1. The Bertz CT molecular complexity index is 1190. The highest BCUT2D eigenvalue weighted by Crippen LogP contribution is 2.40. The highest BCUT2D eigenvalue weighted by atomic mass is 19.1. The van der Waals surface area contributed by atoms with Gasteiger partial charge < -0.3 is 10.4 Å². The van der Waals surface area contributed by atoms with E-state index < -0.39 is 11.4 Å². The van der Waals surface area contributed by atoms with Gasteiger partial charge in [0.1, 0.15) is 5.82 Å². The Morgan fingerprint density at radius 1 is 0.941 bits per heavy atom. The summed E-state index contributed by atoms with van der Waals surface area (Å²) in [5, 5.41) is 11.9. The van der Waals surface area contributed by atoms with Crippen molar-refractivity contribution < 1.29 is 19.1 Å². The van der Waals surface area contributed by atoms with Crippen LogP contribution < -0.4 is 5.32 Å². The highest BCUT2D eigenvalue weighted by molar-refractivity contribution is 5.96. The second kappa shape index (κ2) is 10.5. The maximum Gasteiger partial charge on any atom is 0.328 e. The molecule has 0 aromatic heterocycles. The van der Waals surface area contributed by atoms with E-state index in [2.05, 4.69) is 5.32 Å². The molecule has 1 aliphatic rings. The minimum Gasteiger partial charge on any atom is -0.478 e. The number of carboxylic acid groups (broad SMARTS) is 1. The summed E-state index contributed by atoms with van der Waals surface area (Å²) in [5.74, 6) is -1.28. The van der Waals surface area contributed by atoms with Crippen LogP contribution in [0.2, 0.25) is 0 Å². The number of benzene rings is 3. The monoisotopic (exact) mass is 457 g/mol. The summed E-state index contributed by atoms with van der Waals surface area (Å²) in [5.41, 5.74) is 3.28. The van der Waals surface area contributed by atoms with E-state index in [1.165, 1.54) is 12.1 Å². The van der Waals surface area contributed by atoms with Crippen molar-refractivity contribution in [2.24, 2.45) is 5.41 Å². The molecular weight excluding hydrogens is 429 g/mol. The summed E-state index contributed by atoms with van der Waals surface area (Å²) in [6.07, 6.45) is 7.95. The molecule has 0 aliphatic heterocycles. The van der Waals surface area contributed by atoms with Crippen molar-refractivity contribution in [1.29, 1.82) is 0 Å². The van der Waals surface area contributed by atoms with E-state index in [1.807, 2.05) is 36.4 Å². The number of carbonyl (C=O) groups is 2. The topological polar surface area (TPSA) is 66.4 Å². The van der Waals surface area contributed by atoms with Gasteiger partial charge in [-0.05, 0) is 60.2 Å². The van der Waals surface area contributed by atoms with Crippen LogP contribution in [0.1, 0.15) is 43.2 Å². The van der Waals surface area contributed by atoms with Crippen molar-refractivity contribution in [3.8, 4) is 11.1 Å². The predicted octanol–water partition coefficient (Wildman–Crippen LogP) is 6.72. The van der Waals surface area contributed by atoms with Crippen molar-refractivity contribution in [1.82, 2.24) is 0 Å². The lowest BCUT2D eigenvalue weighted by Gasteiger charge is -2.36. The molecule has 34 heavy (non-hydrogen) atoms. The lowest BCUT2D eigenvalue weighted by molar-refractivity contribution is -0.131. The number of carbonyl (C=O) groups excluding carboxylic acids is 1. The van der Waals surface area contributed by atoms with Crippen LogP contribution in [0.15, 0.2) is 78.9 Å². The minimum atomic E-state index is -1.02. The van der Waals surface area contributed by atoms with Gasteiger partial charge in [-0.1, -0.05) is 73.9 Å². The first-order chi connectivity index (χ1) is 16.4. The Balaban J connectivity index is 1.53. The Kier molecular flexibility index (Phi) is 7.21. The van der Waals surface area contributed by atoms with Gasteiger partial charge in [-0.25, -0.2) is 9.18 Å². The van der Waals surface area contributed by atoms with Crippen LogP contribution in [-0.2, 0) is 16.0 Å². The number of carboxylic acids is 1. The minimum absolute atomic E-state index is 0.00950. The highest BCUT2D eigenvalue weighted by Gasteiger charge is 2.39. The van der Waals surface area contributed by atoms with Crippen LogP contribution in [0, 0.1) is 11.2 Å². The van der Waals surface area contributed by atoms with Crippen molar-refractivity contribution in [3.05, 3.63) is 95.8 Å². The summed E-state index contributed by atoms with van der Waals surface area (Å²) >= 11 is 0. The first kappa shape index (κ1) is 23.4. The third-order valence-electron chi connectivity index (χ3n) is 6.54. The van der Waals surface area contributed by atoms with E-state index in [1.54, 1.807) is 30.3 Å². The van der Waals surface area contributed by atoms with E-state index in [-0.39, 0.29) is 11.7 Å². The van der Waals surface area contributed by atoms with Gasteiger partial charge in [0.15, 0.2) is 0 Å². The second-order valence-electron chi connectivity index (χ2n) is 8.95. The van der Waals surface area contributed by atoms with Gasteiger partial charge >= 0.3 is 5.97 Å². The zero-order chi connectivity index (χ0) is 24.0. The standard InChI is InChI=1S/C29H28FNO3/c30-26-10-3-2-9-25(26)23-14-11-22(12-15-23)20-29(17-4-1-5-18-29)28(34)31-24-8-6-7-21(19-24)13-16-27(32)33/h2-3,6-16,19H,1,4-5,17-18,20H2,(H,31,34)(H,32,33)/b16-13+. The average Bonchev–Trinajstić information content (AvgIpc) is 2.84. The molecule has 3 aromatic carbocycles. The van der Waals surface area contributed by atoms with Crippen LogP contribution in [0.5, 0.6) is 0 Å². The van der Waals surface area contributed by atoms with Crippen molar-refractivity contribution in [3.63, 3.8) is 0 Å². The molecule has 0 saturated heterocycles. The van der Waals surface area contributed by atoms with E-state index in [0.29, 0.717) is 23.2 Å². The van der Waals surface area contributed by atoms with E-state index >= 15 is 0 Å². The maximum atomic E-state index is 14.2. The molecule has 0 radical (unpaired) electrons. The van der Waals surface area contributed by atoms with Gasteiger partial charge in [-0.2, -0.15) is 0 Å². The number of hydrogen-bond donors (Lipinski definition) is 2. The number of nitrogens with one attached hydrogen (secondary N) is 1. The summed E-state index contributed by atoms with van der Waals surface area (Å²) in [4.78, 5) is 24.3. The van der Waals surface area contributed by atoms with E-state index in [4.69, 9.17) is 5.11 Å². The number of amides is 1. The summed E-state index contributed by atoms with van der Waals surface area (Å²) in [7, 11) is 0. The second-order valence-corrected chi connectivity index (χ2v) is 8.95. The normalized spacial score (nSPS) is 15.2. The van der Waals surface area contributed by atoms with Crippen LogP contribution in [-0.4, -0.2) is 17.0 Å². The fourth-order valence-electron chi connectivity index (χ4n) is 4.75. The largest absolute Gasteiger partial charge is 0.478 e. The van der Waals surface area contributed by atoms with Gasteiger partial charge in [-0.3, -0.25) is 4.79 Å². The number of hydrogen-bond acceptors (Lipinski definition) is 2. The molecule has 5 heteroatoms. The number of anilines is 1.